The van der Waals surface area contributed by atoms with E-state index >= 15 is 0 Å². The molecule has 0 radical (unpaired) electrons. The zero-order chi connectivity index (χ0) is 24.0. The highest BCUT2D eigenvalue weighted by molar-refractivity contribution is 6.40. The van der Waals surface area contributed by atoms with Gasteiger partial charge >= 0.3 is 5.97 Å². The van der Waals surface area contributed by atoms with E-state index in [1.807, 2.05) is 0 Å². The number of halogens is 3. The summed E-state index contributed by atoms with van der Waals surface area (Å²) < 4.78 is 13.6. The average molecular weight is 486 g/mol. The Morgan fingerprint density at radius 2 is 1.75 bits per heavy atom. The molecule has 170 valence electrons. The molecule has 0 fully saturated rings. The molecule has 9 nitrogen and oxygen atoms in total. The molecule has 0 saturated carbocycles. The monoisotopic (exact) mass is 485 g/mol. The fraction of sp³-hybridized carbons (Fsp3) is 0.250. The Morgan fingerprint density at radius 1 is 1.12 bits per heavy atom. The van der Waals surface area contributed by atoms with E-state index in [9.17, 15) is 28.4 Å². The summed E-state index contributed by atoms with van der Waals surface area (Å²) in [6, 6.07) is 4.32. The van der Waals surface area contributed by atoms with E-state index in [0.717, 1.165) is 4.57 Å². The largest absolute Gasteiger partial charge is 0.481 e. The number of carboxylic acid groups (broad SMARTS) is 1. The van der Waals surface area contributed by atoms with Gasteiger partial charge in [0.05, 0.1) is 22.0 Å². The first-order chi connectivity index (χ1) is 15.1. The number of aromatic nitrogens is 1. The van der Waals surface area contributed by atoms with E-state index in [1.165, 1.54) is 37.4 Å². The third kappa shape index (κ3) is 5.92. The molecule has 1 aromatic carbocycles. The minimum atomic E-state index is -1.59. The van der Waals surface area contributed by atoms with Crippen LogP contribution in [0.25, 0.3) is 0 Å². The van der Waals surface area contributed by atoms with Gasteiger partial charge in [0.2, 0.25) is 5.91 Å². The second-order valence-corrected chi connectivity index (χ2v) is 7.43. The van der Waals surface area contributed by atoms with Crippen molar-refractivity contribution in [2.24, 2.45) is 0 Å². The lowest BCUT2D eigenvalue weighted by Crippen LogP contribution is -2.46. The number of Topliss-reactive ketones (excluding diaryl/α,β-unsaturated/α-hetero) is 1. The van der Waals surface area contributed by atoms with Crippen LogP contribution in [0, 0.1) is 0 Å². The lowest BCUT2D eigenvalue weighted by atomic mass is 10.1. The van der Waals surface area contributed by atoms with Crippen molar-refractivity contribution >= 4 is 52.5 Å². The van der Waals surface area contributed by atoms with Gasteiger partial charge in [-0.05, 0) is 31.2 Å². The number of hydrogen-bond acceptors (Lipinski definition) is 5. The van der Waals surface area contributed by atoms with Crippen molar-refractivity contribution < 1.29 is 28.7 Å². The SMILES string of the molecule is CC(C(=O)NC(CC(=O)O)C(=O)CF)n1cccc(NC(=O)c2c(Cl)cccc2Cl)c1=O. The molecule has 3 N–H and O–H groups in total. The number of rotatable bonds is 9. The molecule has 0 aliphatic rings. The molecule has 0 bridgehead atoms. The fourth-order valence-electron chi connectivity index (χ4n) is 2.74. The number of pyridine rings is 1. The number of alkyl halides is 1. The highest BCUT2D eigenvalue weighted by Crippen LogP contribution is 2.25. The summed E-state index contributed by atoms with van der Waals surface area (Å²) in [6.45, 7) is -0.149. The van der Waals surface area contributed by atoms with Gasteiger partial charge in [-0.3, -0.25) is 24.0 Å². The minimum Gasteiger partial charge on any atom is -0.481 e. The summed E-state index contributed by atoms with van der Waals surface area (Å²) >= 11 is 12.0. The van der Waals surface area contributed by atoms with Crippen molar-refractivity contribution in [3.05, 3.63) is 62.5 Å². The van der Waals surface area contributed by atoms with Crippen LogP contribution in [0.2, 0.25) is 10.0 Å². The lowest BCUT2D eigenvalue weighted by molar-refractivity contribution is -0.140. The standard InChI is InChI=1S/C20H18Cl2FN3O6/c1-10(18(30)25-14(8-16(28)29)15(27)9-23)26-7-3-6-13(20(26)32)24-19(31)17-11(21)4-2-5-12(17)22/h2-7,10,14H,8-9H2,1H3,(H,24,31)(H,25,30)(H,28,29). The molecular formula is C20H18Cl2FN3O6. The average Bonchev–Trinajstić information content (AvgIpc) is 2.73. The van der Waals surface area contributed by atoms with Crippen LogP contribution in [0.1, 0.15) is 29.7 Å². The van der Waals surface area contributed by atoms with Crippen molar-refractivity contribution in [1.82, 2.24) is 9.88 Å². The van der Waals surface area contributed by atoms with Crippen LogP contribution in [0.5, 0.6) is 0 Å². The summed E-state index contributed by atoms with van der Waals surface area (Å²) in [6.07, 6.45) is 0.443. The van der Waals surface area contributed by atoms with Crippen molar-refractivity contribution in [3.8, 4) is 0 Å². The number of ketones is 1. The molecule has 0 saturated heterocycles. The molecule has 0 aliphatic carbocycles. The van der Waals surface area contributed by atoms with E-state index in [2.05, 4.69) is 10.6 Å². The number of nitrogens with zero attached hydrogens (tertiary/aromatic N) is 1. The Hall–Kier alpha value is -3.24. The predicted molar refractivity (Wildman–Crippen MR) is 115 cm³/mol. The maximum Gasteiger partial charge on any atom is 0.305 e. The molecule has 2 atom stereocenters. The van der Waals surface area contributed by atoms with Gasteiger partial charge in [0.1, 0.15) is 24.4 Å². The van der Waals surface area contributed by atoms with Gasteiger partial charge in [0.25, 0.3) is 11.5 Å². The zero-order valence-corrected chi connectivity index (χ0v) is 18.1. The van der Waals surface area contributed by atoms with Crippen LogP contribution in [0.3, 0.4) is 0 Å². The smallest absolute Gasteiger partial charge is 0.305 e. The van der Waals surface area contributed by atoms with Gasteiger partial charge in [-0.1, -0.05) is 29.3 Å². The lowest BCUT2D eigenvalue weighted by Gasteiger charge is -2.20. The van der Waals surface area contributed by atoms with Gasteiger partial charge < -0.3 is 20.3 Å². The fourth-order valence-corrected chi connectivity index (χ4v) is 3.31. The van der Waals surface area contributed by atoms with Crippen LogP contribution in [-0.4, -0.2) is 46.0 Å². The Bertz CT molecular complexity index is 1100. The predicted octanol–water partition coefficient (Wildman–Crippen LogP) is 2.47. The van der Waals surface area contributed by atoms with Gasteiger partial charge in [0, 0.05) is 6.20 Å². The number of aliphatic carboxylic acids is 1. The molecule has 2 amide bonds. The normalized spacial score (nSPS) is 12.5. The third-order valence-corrected chi connectivity index (χ3v) is 5.05. The van der Waals surface area contributed by atoms with Crippen LogP contribution in [0.4, 0.5) is 10.1 Å². The van der Waals surface area contributed by atoms with E-state index in [-0.39, 0.29) is 21.3 Å². The second kappa shape index (κ2) is 10.9. The molecule has 2 aromatic rings. The number of hydrogen-bond donors (Lipinski definition) is 3. The van der Waals surface area contributed by atoms with Gasteiger partial charge in [0.15, 0.2) is 5.78 Å². The van der Waals surface area contributed by atoms with Gasteiger partial charge in [-0.2, -0.15) is 0 Å². The third-order valence-electron chi connectivity index (χ3n) is 4.42. The number of carboxylic acids is 1. The summed E-state index contributed by atoms with van der Waals surface area (Å²) in [5, 5.41) is 13.5. The number of amides is 2. The number of anilines is 1. The molecule has 32 heavy (non-hydrogen) atoms. The van der Waals surface area contributed by atoms with Crippen LogP contribution >= 0.6 is 23.2 Å². The van der Waals surface area contributed by atoms with E-state index in [4.69, 9.17) is 28.3 Å². The number of carbonyl (C=O) groups excluding carboxylic acids is 3. The molecule has 0 spiro atoms. The first-order valence-corrected chi connectivity index (χ1v) is 9.89. The van der Waals surface area contributed by atoms with E-state index in [1.54, 1.807) is 6.07 Å². The number of carbonyl (C=O) groups is 4. The number of nitrogens with one attached hydrogen (secondary N) is 2. The Balaban J connectivity index is 2.26. The van der Waals surface area contributed by atoms with Crippen LogP contribution in [0.15, 0.2) is 41.3 Å². The Kier molecular flexibility index (Phi) is 8.50. The highest BCUT2D eigenvalue weighted by atomic mass is 35.5. The molecule has 0 aliphatic heterocycles. The molecule has 2 unspecified atom stereocenters. The van der Waals surface area contributed by atoms with Crippen molar-refractivity contribution in [1.29, 1.82) is 0 Å². The summed E-state index contributed by atoms with van der Waals surface area (Å²) in [5.74, 6) is -4.16. The summed E-state index contributed by atoms with van der Waals surface area (Å²) in [4.78, 5) is 60.3. The van der Waals surface area contributed by atoms with E-state index in [0.29, 0.717) is 0 Å². The second-order valence-electron chi connectivity index (χ2n) is 6.62. The highest BCUT2D eigenvalue weighted by Gasteiger charge is 2.27. The van der Waals surface area contributed by atoms with E-state index < -0.39 is 54.3 Å². The van der Waals surface area contributed by atoms with Crippen LogP contribution in [-0.2, 0) is 14.4 Å². The maximum absolute atomic E-state index is 12.8. The zero-order valence-electron chi connectivity index (χ0n) is 16.6. The van der Waals surface area contributed by atoms with Gasteiger partial charge in [-0.15, -0.1) is 0 Å². The quantitative estimate of drug-likeness (QED) is 0.499. The van der Waals surface area contributed by atoms with Crippen molar-refractivity contribution in [2.75, 3.05) is 12.0 Å². The summed E-state index contributed by atoms with van der Waals surface area (Å²) in [7, 11) is 0. The van der Waals surface area contributed by atoms with Crippen molar-refractivity contribution in [3.63, 3.8) is 0 Å². The van der Waals surface area contributed by atoms with Gasteiger partial charge in [-0.25, -0.2) is 4.39 Å². The molecule has 1 heterocycles. The first-order valence-electron chi connectivity index (χ1n) is 9.14. The number of benzene rings is 1. The maximum atomic E-state index is 12.8. The topological polar surface area (TPSA) is 135 Å². The molecule has 1 aromatic heterocycles. The van der Waals surface area contributed by atoms with Crippen LogP contribution < -0.4 is 16.2 Å². The summed E-state index contributed by atoms with van der Waals surface area (Å²) in [5.41, 5.74) is -0.994. The minimum absolute atomic E-state index is 0.0438. The molecule has 12 heteroatoms. The molecular weight excluding hydrogens is 468 g/mol. The first kappa shape index (κ1) is 25.0. The molecule has 2 rings (SSSR count). The Labute approximate surface area is 191 Å². The Morgan fingerprint density at radius 3 is 2.31 bits per heavy atom. The van der Waals surface area contributed by atoms with Crippen molar-refractivity contribution in [2.45, 2.75) is 25.4 Å².